The molecule has 1 heterocycles. The van der Waals surface area contributed by atoms with Crippen molar-refractivity contribution < 1.29 is 4.74 Å². The fourth-order valence-corrected chi connectivity index (χ4v) is 2.17. The van der Waals surface area contributed by atoms with Crippen LogP contribution in [-0.2, 0) is 6.54 Å². The first-order chi connectivity index (χ1) is 9.67. The predicted octanol–water partition coefficient (Wildman–Crippen LogP) is 2.64. The van der Waals surface area contributed by atoms with Crippen molar-refractivity contribution in [2.75, 3.05) is 19.0 Å². The lowest BCUT2D eigenvalue weighted by atomic mass is 10.3. The molecule has 106 valence electrons. The maximum absolute atomic E-state index is 5.23. The third-order valence-electron chi connectivity index (χ3n) is 2.56. The molecule has 7 heteroatoms. The van der Waals surface area contributed by atoms with Crippen LogP contribution in [-0.4, -0.2) is 28.5 Å². The summed E-state index contributed by atoms with van der Waals surface area (Å²) in [5.74, 6) is 0.791. The summed E-state index contributed by atoms with van der Waals surface area (Å²) in [4.78, 5) is 0. The second-order valence-electron chi connectivity index (χ2n) is 4.03. The third-order valence-corrected chi connectivity index (χ3v) is 3.21. The summed E-state index contributed by atoms with van der Waals surface area (Å²) >= 11 is 8.59. The monoisotopic (exact) mass is 354 g/mol. The summed E-state index contributed by atoms with van der Waals surface area (Å²) in [6, 6.07) is 7.61. The Labute approximate surface area is 131 Å². The molecule has 0 aliphatic carbocycles. The van der Waals surface area contributed by atoms with Crippen molar-refractivity contribution in [3.05, 3.63) is 41.1 Å². The highest BCUT2D eigenvalue weighted by Crippen LogP contribution is 2.16. The molecule has 2 aromatic rings. The summed E-state index contributed by atoms with van der Waals surface area (Å²) in [7, 11) is 1.64. The SMILES string of the molecule is COc1cccc(NC(=S)NCCn2cc(Br)cn2)c1. The van der Waals surface area contributed by atoms with Gasteiger partial charge in [0.05, 0.1) is 24.3 Å². The molecule has 20 heavy (non-hydrogen) atoms. The summed E-state index contributed by atoms with van der Waals surface area (Å²) in [6.45, 7) is 1.44. The Balaban J connectivity index is 1.77. The van der Waals surface area contributed by atoms with Gasteiger partial charge < -0.3 is 15.4 Å². The van der Waals surface area contributed by atoms with Gasteiger partial charge in [-0.05, 0) is 40.3 Å². The molecular weight excluding hydrogens is 340 g/mol. The normalized spacial score (nSPS) is 10.1. The molecule has 0 atom stereocenters. The first-order valence-electron chi connectivity index (χ1n) is 6.04. The number of nitrogens with one attached hydrogen (secondary N) is 2. The van der Waals surface area contributed by atoms with Crippen LogP contribution in [0.25, 0.3) is 0 Å². The van der Waals surface area contributed by atoms with Gasteiger partial charge in [0.1, 0.15) is 5.75 Å². The molecule has 1 aromatic heterocycles. The Morgan fingerprint density at radius 3 is 3.05 bits per heavy atom. The number of hydrogen-bond donors (Lipinski definition) is 2. The molecule has 0 radical (unpaired) electrons. The highest BCUT2D eigenvalue weighted by Gasteiger charge is 2.00. The second-order valence-corrected chi connectivity index (χ2v) is 5.36. The topological polar surface area (TPSA) is 51.1 Å². The van der Waals surface area contributed by atoms with Gasteiger partial charge in [0, 0.05) is 24.5 Å². The molecule has 0 amide bonds. The Morgan fingerprint density at radius 2 is 2.35 bits per heavy atom. The quantitative estimate of drug-likeness (QED) is 0.808. The van der Waals surface area contributed by atoms with Gasteiger partial charge in [0.25, 0.3) is 0 Å². The smallest absolute Gasteiger partial charge is 0.170 e. The van der Waals surface area contributed by atoms with Crippen LogP contribution in [0, 0.1) is 0 Å². The first-order valence-corrected chi connectivity index (χ1v) is 7.24. The largest absolute Gasteiger partial charge is 0.497 e. The van der Waals surface area contributed by atoms with E-state index in [1.165, 1.54) is 0 Å². The molecule has 5 nitrogen and oxygen atoms in total. The minimum atomic E-state index is 0.574. The number of rotatable bonds is 5. The van der Waals surface area contributed by atoms with Crippen LogP contribution >= 0.6 is 28.1 Å². The van der Waals surface area contributed by atoms with Crippen LogP contribution in [0.2, 0.25) is 0 Å². The summed E-state index contributed by atoms with van der Waals surface area (Å²) in [6.07, 6.45) is 3.67. The van der Waals surface area contributed by atoms with Crippen LogP contribution in [0.4, 0.5) is 5.69 Å². The van der Waals surface area contributed by atoms with Crippen molar-refractivity contribution in [3.63, 3.8) is 0 Å². The summed E-state index contributed by atoms with van der Waals surface area (Å²) < 4.78 is 7.96. The fourth-order valence-electron chi connectivity index (χ4n) is 1.62. The Hall–Kier alpha value is -1.60. The minimum Gasteiger partial charge on any atom is -0.497 e. The van der Waals surface area contributed by atoms with E-state index >= 15 is 0 Å². The number of halogens is 1. The lowest BCUT2D eigenvalue weighted by Crippen LogP contribution is -2.31. The van der Waals surface area contributed by atoms with E-state index in [4.69, 9.17) is 17.0 Å². The van der Waals surface area contributed by atoms with E-state index in [2.05, 4.69) is 31.7 Å². The van der Waals surface area contributed by atoms with Gasteiger partial charge >= 0.3 is 0 Å². The molecule has 0 unspecified atom stereocenters. The fraction of sp³-hybridized carbons (Fsp3) is 0.231. The molecule has 0 aliphatic heterocycles. The van der Waals surface area contributed by atoms with E-state index in [1.807, 2.05) is 35.1 Å². The number of aromatic nitrogens is 2. The molecule has 0 spiro atoms. The van der Waals surface area contributed by atoms with E-state index in [-0.39, 0.29) is 0 Å². The molecule has 0 fully saturated rings. The van der Waals surface area contributed by atoms with Gasteiger partial charge in [-0.3, -0.25) is 4.68 Å². The Kier molecular flexibility index (Phi) is 5.37. The zero-order valence-corrected chi connectivity index (χ0v) is 13.4. The molecule has 1 aromatic carbocycles. The molecular formula is C13H15BrN4OS. The maximum Gasteiger partial charge on any atom is 0.170 e. The van der Waals surface area contributed by atoms with Gasteiger partial charge in [-0.15, -0.1) is 0 Å². The van der Waals surface area contributed by atoms with E-state index < -0.39 is 0 Å². The van der Waals surface area contributed by atoms with Crippen molar-refractivity contribution in [1.29, 1.82) is 0 Å². The maximum atomic E-state index is 5.23. The number of ether oxygens (including phenoxy) is 1. The number of methoxy groups -OCH3 is 1. The van der Waals surface area contributed by atoms with Crippen LogP contribution in [0.5, 0.6) is 5.75 Å². The third kappa shape index (κ3) is 4.50. The first kappa shape index (κ1) is 14.8. The molecule has 0 saturated heterocycles. The summed E-state index contributed by atoms with van der Waals surface area (Å²) in [5.41, 5.74) is 0.892. The Bertz CT molecular complexity index is 587. The van der Waals surface area contributed by atoms with E-state index in [9.17, 15) is 0 Å². The van der Waals surface area contributed by atoms with Gasteiger partial charge in [0.15, 0.2) is 5.11 Å². The van der Waals surface area contributed by atoms with Crippen LogP contribution in [0.3, 0.4) is 0 Å². The van der Waals surface area contributed by atoms with E-state index in [1.54, 1.807) is 13.3 Å². The van der Waals surface area contributed by atoms with Gasteiger partial charge in [-0.1, -0.05) is 6.07 Å². The molecule has 0 bridgehead atoms. The minimum absolute atomic E-state index is 0.574. The molecule has 0 saturated carbocycles. The van der Waals surface area contributed by atoms with Crippen LogP contribution < -0.4 is 15.4 Å². The van der Waals surface area contributed by atoms with Crippen LogP contribution in [0.15, 0.2) is 41.1 Å². The highest BCUT2D eigenvalue weighted by atomic mass is 79.9. The number of hydrogen-bond acceptors (Lipinski definition) is 3. The van der Waals surface area contributed by atoms with Gasteiger partial charge in [-0.25, -0.2) is 0 Å². The number of nitrogens with zero attached hydrogens (tertiary/aromatic N) is 2. The van der Waals surface area contributed by atoms with Crippen molar-refractivity contribution in [2.24, 2.45) is 0 Å². The van der Waals surface area contributed by atoms with Gasteiger partial charge in [-0.2, -0.15) is 5.10 Å². The number of thiocarbonyl (C=S) groups is 1. The lowest BCUT2D eigenvalue weighted by Gasteiger charge is -2.11. The zero-order chi connectivity index (χ0) is 14.4. The number of anilines is 1. The van der Waals surface area contributed by atoms with Crippen molar-refractivity contribution in [3.8, 4) is 5.75 Å². The Morgan fingerprint density at radius 1 is 1.50 bits per heavy atom. The standard InChI is InChI=1S/C13H15BrN4OS/c1-19-12-4-2-3-11(7-12)17-13(20)15-5-6-18-9-10(14)8-16-18/h2-4,7-9H,5-6H2,1H3,(H2,15,17,20). The van der Waals surface area contributed by atoms with Crippen LogP contribution in [0.1, 0.15) is 0 Å². The van der Waals surface area contributed by atoms with E-state index in [0.29, 0.717) is 11.7 Å². The van der Waals surface area contributed by atoms with Crippen molar-refractivity contribution in [2.45, 2.75) is 6.54 Å². The average molecular weight is 355 g/mol. The second kappa shape index (κ2) is 7.25. The molecule has 2 N–H and O–H groups in total. The average Bonchev–Trinajstić information content (AvgIpc) is 2.84. The number of benzene rings is 1. The lowest BCUT2D eigenvalue weighted by molar-refractivity contribution is 0.415. The van der Waals surface area contributed by atoms with Crippen molar-refractivity contribution in [1.82, 2.24) is 15.1 Å². The molecule has 0 aliphatic rings. The highest BCUT2D eigenvalue weighted by molar-refractivity contribution is 9.10. The van der Waals surface area contributed by atoms with Crippen molar-refractivity contribution >= 4 is 38.9 Å². The summed E-state index contributed by atoms with van der Waals surface area (Å²) in [5, 5.41) is 11.0. The van der Waals surface area contributed by atoms with Gasteiger partial charge in [0.2, 0.25) is 0 Å². The van der Waals surface area contributed by atoms with E-state index in [0.717, 1.165) is 22.5 Å². The zero-order valence-electron chi connectivity index (χ0n) is 11.0. The molecule has 2 rings (SSSR count). The predicted molar refractivity (Wildman–Crippen MR) is 87.1 cm³/mol.